The molecule has 0 aliphatic carbocycles. The standard InChI is InChI=1S/C11H11ClFN5O2/c12-7-2-1-3-9(10(7)13)20-5-4-18-6-8(16-17-18)11(19)15-14/h1-3,6H,4-5,14H2,(H,15,19). The van der Waals surface area contributed by atoms with Gasteiger partial charge in [0.25, 0.3) is 5.91 Å². The Morgan fingerprint density at radius 2 is 2.35 bits per heavy atom. The van der Waals surface area contributed by atoms with Gasteiger partial charge in [0.1, 0.15) is 6.61 Å². The van der Waals surface area contributed by atoms with Crippen molar-refractivity contribution in [2.24, 2.45) is 5.84 Å². The molecule has 0 spiro atoms. The normalized spacial score (nSPS) is 10.3. The van der Waals surface area contributed by atoms with E-state index in [2.05, 4.69) is 10.3 Å². The summed E-state index contributed by atoms with van der Waals surface area (Å²) in [7, 11) is 0. The van der Waals surface area contributed by atoms with Crippen LogP contribution >= 0.6 is 11.6 Å². The Balaban J connectivity index is 1.91. The van der Waals surface area contributed by atoms with E-state index in [-0.39, 0.29) is 29.6 Å². The molecular formula is C11H11ClFN5O2. The Hall–Kier alpha value is -2.19. The Morgan fingerprint density at radius 1 is 1.55 bits per heavy atom. The SMILES string of the molecule is NNC(=O)c1cn(CCOc2cccc(Cl)c2F)nn1. The minimum Gasteiger partial charge on any atom is -0.489 e. The summed E-state index contributed by atoms with van der Waals surface area (Å²) in [5, 5.41) is 7.31. The van der Waals surface area contributed by atoms with E-state index in [1.54, 1.807) is 6.07 Å². The maximum Gasteiger partial charge on any atom is 0.287 e. The predicted molar refractivity (Wildman–Crippen MR) is 68.6 cm³/mol. The molecule has 2 rings (SSSR count). The molecule has 0 aliphatic heterocycles. The number of carbonyl (C=O) groups is 1. The monoisotopic (exact) mass is 299 g/mol. The van der Waals surface area contributed by atoms with Crippen molar-refractivity contribution in [1.29, 1.82) is 0 Å². The van der Waals surface area contributed by atoms with Gasteiger partial charge in [-0.05, 0) is 12.1 Å². The fraction of sp³-hybridized carbons (Fsp3) is 0.182. The topological polar surface area (TPSA) is 95.1 Å². The summed E-state index contributed by atoms with van der Waals surface area (Å²) in [5.74, 6) is 3.86. The van der Waals surface area contributed by atoms with Gasteiger partial charge in [-0.15, -0.1) is 5.10 Å². The zero-order chi connectivity index (χ0) is 14.5. The molecule has 1 aromatic carbocycles. The van der Waals surface area contributed by atoms with E-state index in [1.165, 1.54) is 23.0 Å². The van der Waals surface area contributed by atoms with Crippen molar-refractivity contribution >= 4 is 17.5 Å². The number of aromatic nitrogens is 3. The first kappa shape index (κ1) is 14.2. The number of carbonyl (C=O) groups excluding carboxylic acids is 1. The van der Waals surface area contributed by atoms with Crippen LogP contribution in [0.5, 0.6) is 5.75 Å². The van der Waals surface area contributed by atoms with Crippen LogP contribution < -0.4 is 16.0 Å². The molecule has 3 N–H and O–H groups in total. The molecule has 0 aliphatic rings. The zero-order valence-corrected chi connectivity index (χ0v) is 11.0. The molecule has 0 saturated heterocycles. The van der Waals surface area contributed by atoms with Gasteiger partial charge < -0.3 is 4.74 Å². The molecule has 1 aromatic heterocycles. The number of benzene rings is 1. The molecule has 7 nitrogen and oxygen atoms in total. The number of nitrogens with zero attached hydrogens (tertiary/aromatic N) is 3. The minimum absolute atomic E-state index is 0.00911. The van der Waals surface area contributed by atoms with E-state index in [1.807, 2.05) is 5.43 Å². The number of ether oxygens (including phenoxy) is 1. The number of hydrogen-bond donors (Lipinski definition) is 2. The number of rotatable bonds is 5. The highest BCUT2D eigenvalue weighted by atomic mass is 35.5. The highest BCUT2D eigenvalue weighted by Crippen LogP contribution is 2.23. The van der Waals surface area contributed by atoms with Gasteiger partial charge in [0.05, 0.1) is 17.8 Å². The third-order valence-electron chi connectivity index (χ3n) is 2.40. The van der Waals surface area contributed by atoms with Gasteiger partial charge in [0, 0.05) is 0 Å². The first-order chi connectivity index (χ1) is 9.61. The summed E-state index contributed by atoms with van der Waals surface area (Å²) >= 11 is 5.63. The average Bonchev–Trinajstić information content (AvgIpc) is 2.91. The maximum absolute atomic E-state index is 13.5. The van der Waals surface area contributed by atoms with Crippen LogP contribution in [0.15, 0.2) is 24.4 Å². The van der Waals surface area contributed by atoms with Crippen molar-refractivity contribution in [2.75, 3.05) is 6.61 Å². The van der Waals surface area contributed by atoms with Crippen LogP contribution in [0.2, 0.25) is 5.02 Å². The number of nitrogens with one attached hydrogen (secondary N) is 1. The molecule has 20 heavy (non-hydrogen) atoms. The Morgan fingerprint density at radius 3 is 3.10 bits per heavy atom. The summed E-state index contributed by atoms with van der Waals surface area (Å²) < 4.78 is 20.2. The van der Waals surface area contributed by atoms with Crippen molar-refractivity contribution in [3.05, 3.63) is 40.9 Å². The van der Waals surface area contributed by atoms with Crippen LogP contribution in [0.1, 0.15) is 10.5 Å². The molecule has 2 aromatic rings. The van der Waals surface area contributed by atoms with E-state index < -0.39 is 11.7 Å². The number of nitrogen functional groups attached to an aromatic ring is 1. The fourth-order valence-corrected chi connectivity index (χ4v) is 1.60. The molecule has 1 heterocycles. The molecule has 0 saturated carbocycles. The summed E-state index contributed by atoms with van der Waals surface area (Å²) in [5.41, 5.74) is 2.02. The van der Waals surface area contributed by atoms with Crippen LogP contribution in [-0.2, 0) is 6.54 Å². The Kier molecular flexibility index (Phi) is 4.49. The number of hydrazine groups is 1. The van der Waals surface area contributed by atoms with Gasteiger partial charge in [0.15, 0.2) is 17.3 Å². The third kappa shape index (κ3) is 3.22. The third-order valence-corrected chi connectivity index (χ3v) is 2.69. The summed E-state index contributed by atoms with van der Waals surface area (Å²) in [6, 6.07) is 4.48. The lowest BCUT2D eigenvalue weighted by atomic mass is 10.3. The van der Waals surface area contributed by atoms with Crippen LogP contribution in [-0.4, -0.2) is 27.5 Å². The van der Waals surface area contributed by atoms with E-state index in [4.69, 9.17) is 22.2 Å². The molecule has 1 amide bonds. The first-order valence-corrected chi connectivity index (χ1v) is 5.97. The largest absolute Gasteiger partial charge is 0.489 e. The van der Waals surface area contributed by atoms with Gasteiger partial charge in [-0.1, -0.05) is 22.9 Å². The van der Waals surface area contributed by atoms with E-state index >= 15 is 0 Å². The quantitative estimate of drug-likeness (QED) is 0.483. The Bertz CT molecular complexity index is 619. The van der Waals surface area contributed by atoms with Crippen LogP contribution in [0.4, 0.5) is 4.39 Å². The van der Waals surface area contributed by atoms with Crippen LogP contribution in [0.3, 0.4) is 0 Å². The summed E-state index contributed by atoms with van der Waals surface area (Å²) in [6.07, 6.45) is 1.40. The van der Waals surface area contributed by atoms with Gasteiger partial charge in [-0.2, -0.15) is 0 Å². The molecule has 0 radical (unpaired) electrons. The lowest BCUT2D eigenvalue weighted by Gasteiger charge is -2.07. The molecule has 0 fully saturated rings. The highest BCUT2D eigenvalue weighted by Gasteiger charge is 2.10. The minimum atomic E-state index is -0.615. The second kappa shape index (κ2) is 6.31. The second-order valence-corrected chi connectivity index (χ2v) is 4.15. The lowest BCUT2D eigenvalue weighted by molar-refractivity contribution is 0.0948. The molecular weight excluding hydrogens is 289 g/mol. The summed E-state index contributed by atoms with van der Waals surface area (Å²) in [4.78, 5) is 11.2. The number of hydrogen-bond acceptors (Lipinski definition) is 5. The fourth-order valence-electron chi connectivity index (χ4n) is 1.43. The number of nitrogens with two attached hydrogens (primary N) is 1. The molecule has 0 unspecified atom stereocenters. The highest BCUT2D eigenvalue weighted by molar-refractivity contribution is 6.30. The summed E-state index contributed by atoms with van der Waals surface area (Å²) in [6.45, 7) is 0.432. The molecule has 0 atom stereocenters. The second-order valence-electron chi connectivity index (χ2n) is 3.74. The van der Waals surface area contributed by atoms with Crippen molar-refractivity contribution in [3.8, 4) is 5.75 Å². The van der Waals surface area contributed by atoms with E-state index in [0.29, 0.717) is 0 Å². The molecule has 9 heteroatoms. The smallest absolute Gasteiger partial charge is 0.287 e. The van der Waals surface area contributed by atoms with E-state index in [0.717, 1.165) is 0 Å². The average molecular weight is 300 g/mol. The predicted octanol–water partition coefficient (Wildman–Crippen LogP) is 0.753. The first-order valence-electron chi connectivity index (χ1n) is 5.59. The zero-order valence-electron chi connectivity index (χ0n) is 10.2. The Labute approximate surface area is 118 Å². The van der Waals surface area contributed by atoms with E-state index in [9.17, 15) is 9.18 Å². The van der Waals surface area contributed by atoms with Crippen molar-refractivity contribution in [3.63, 3.8) is 0 Å². The van der Waals surface area contributed by atoms with Crippen molar-refractivity contribution in [1.82, 2.24) is 20.4 Å². The van der Waals surface area contributed by atoms with Gasteiger partial charge in [-0.3, -0.25) is 10.2 Å². The van der Waals surface area contributed by atoms with Crippen molar-refractivity contribution in [2.45, 2.75) is 6.54 Å². The number of amides is 1. The van der Waals surface area contributed by atoms with Crippen LogP contribution in [0.25, 0.3) is 0 Å². The number of halogens is 2. The van der Waals surface area contributed by atoms with Crippen molar-refractivity contribution < 1.29 is 13.9 Å². The van der Waals surface area contributed by atoms with Gasteiger partial charge >= 0.3 is 0 Å². The van der Waals surface area contributed by atoms with Gasteiger partial charge in [-0.25, -0.2) is 14.9 Å². The van der Waals surface area contributed by atoms with Gasteiger partial charge in [0.2, 0.25) is 0 Å². The molecule has 106 valence electrons. The maximum atomic E-state index is 13.5. The molecule has 0 bridgehead atoms. The van der Waals surface area contributed by atoms with Crippen LogP contribution in [0, 0.1) is 5.82 Å². The lowest BCUT2D eigenvalue weighted by Crippen LogP contribution is -2.30.